The second-order valence-corrected chi connectivity index (χ2v) is 4.96. The Bertz CT molecular complexity index is 871. The Morgan fingerprint density at radius 2 is 1.88 bits per heavy atom. The van der Waals surface area contributed by atoms with E-state index in [1.165, 1.54) is 18.1 Å². The fourth-order valence-electron chi connectivity index (χ4n) is 2.22. The Morgan fingerprint density at radius 3 is 2.46 bits per heavy atom. The fourth-order valence-corrected chi connectivity index (χ4v) is 2.22. The number of carbonyl (C=O) groups is 1. The second-order valence-electron chi connectivity index (χ2n) is 4.96. The number of fused-ring (bicyclic) bond motifs is 1. The van der Waals surface area contributed by atoms with Crippen molar-refractivity contribution in [2.45, 2.75) is 12.8 Å². The minimum atomic E-state index is -0.764. The number of methoxy groups -OCH3 is 1. The van der Waals surface area contributed by atoms with Crippen LogP contribution in [0.5, 0.6) is 5.75 Å². The summed E-state index contributed by atoms with van der Waals surface area (Å²) in [4.78, 5) is 26.0. The van der Waals surface area contributed by atoms with Crippen LogP contribution in [0, 0.1) is 22.7 Å². The van der Waals surface area contributed by atoms with Gasteiger partial charge in [-0.2, -0.15) is 10.5 Å². The Morgan fingerprint density at radius 1 is 1.21 bits per heavy atom. The van der Waals surface area contributed by atoms with Crippen LogP contribution in [0.25, 0.3) is 11.0 Å². The van der Waals surface area contributed by atoms with E-state index in [9.17, 15) is 9.59 Å². The van der Waals surface area contributed by atoms with E-state index in [1.807, 2.05) is 12.1 Å². The molecule has 0 radical (unpaired) electrons. The first-order chi connectivity index (χ1) is 11.6. The van der Waals surface area contributed by atoms with Crippen molar-refractivity contribution in [2.24, 2.45) is 0 Å². The summed E-state index contributed by atoms with van der Waals surface area (Å²) in [6, 6.07) is 10.3. The minimum Gasteiger partial charge on any atom is -0.497 e. The van der Waals surface area contributed by atoms with Gasteiger partial charge in [0.05, 0.1) is 32.1 Å². The SMILES string of the molecule is COc1ccc2cc(C(=O)N(CCC#N)CCC#N)c(=O)oc2c1. The normalized spacial score (nSPS) is 9.96. The van der Waals surface area contributed by atoms with Crippen molar-refractivity contribution < 1.29 is 13.9 Å². The van der Waals surface area contributed by atoms with Crippen LogP contribution in [0.15, 0.2) is 33.5 Å². The zero-order valence-corrected chi connectivity index (χ0v) is 13.1. The van der Waals surface area contributed by atoms with Gasteiger partial charge in [0.2, 0.25) is 0 Å². The molecule has 2 rings (SSSR count). The van der Waals surface area contributed by atoms with Gasteiger partial charge >= 0.3 is 5.63 Å². The molecule has 0 bridgehead atoms. The van der Waals surface area contributed by atoms with Gasteiger partial charge in [-0.1, -0.05) is 0 Å². The third-order valence-electron chi connectivity index (χ3n) is 3.45. The monoisotopic (exact) mass is 325 g/mol. The molecule has 7 nitrogen and oxygen atoms in total. The number of ether oxygens (including phenoxy) is 1. The Labute approximate surface area is 138 Å². The molecule has 0 atom stereocenters. The van der Waals surface area contributed by atoms with Gasteiger partial charge in [-0.3, -0.25) is 4.79 Å². The van der Waals surface area contributed by atoms with Gasteiger partial charge in [-0.05, 0) is 18.2 Å². The minimum absolute atomic E-state index is 0.118. The van der Waals surface area contributed by atoms with Crippen LogP contribution in [0.3, 0.4) is 0 Å². The van der Waals surface area contributed by atoms with E-state index in [2.05, 4.69) is 0 Å². The highest BCUT2D eigenvalue weighted by Gasteiger charge is 2.20. The van der Waals surface area contributed by atoms with Crippen LogP contribution in [-0.2, 0) is 0 Å². The lowest BCUT2D eigenvalue weighted by Gasteiger charge is -2.19. The highest BCUT2D eigenvalue weighted by atomic mass is 16.5. The van der Waals surface area contributed by atoms with Gasteiger partial charge < -0.3 is 14.1 Å². The smallest absolute Gasteiger partial charge is 0.349 e. The van der Waals surface area contributed by atoms with Crippen molar-refractivity contribution in [1.82, 2.24) is 4.90 Å². The van der Waals surface area contributed by atoms with Crippen molar-refractivity contribution in [2.75, 3.05) is 20.2 Å². The van der Waals surface area contributed by atoms with Crippen LogP contribution in [-0.4, -0.2) is 31.0 Å². The molecule has 1 heterocycles. The molecule has 7 heteroatoms. The highest BCUT2D eigenvalue weighted by molar-refractivity contribution is 5.96. The van der Waals surface area contributed by atoms with Crippen LogP contribution in [0.4, 0.5) is 0 Å². The van der Waals surface area contributed by atoms with Crippen LogP contribution < -0.4 is 10.4 Å². The summed E-state index contributed by atoms with van der Waals surface area (Å²) in [6.45, 7) is 0.300. The molecule has 1 aromatic heterocycles. The van der Waals surface area contributed by atoms with Gasteiger partial charge in [-0.25, -0.2) is 4.79 Å². The Balaban J connectivity index is 2.40. The molecule has 1 amide bonds. The first-order valence-electron chi connectivity index (χ1n) is 7.25. The summed E-state index contributed by atoms with van der Waals surface area (Å²) in [5, 5.41) is 18.0. The first-order valence-corrected chi connectivity index (χ1v) is 7.25. The maximum absolute atomic E-state index is 12.6. The van der Waals surface area contributed by atoms with Crippen molar-refractivity contribution in [3.63, 3.8) is 0 Å². The lowest BCUT2D eigenvalue weighted by Crippen LogP contribution is -2.35. The molecule has 1 aromatic carbocycles. The van der Waals surface area contributed by atoms with Gasteiger partial charge in [0, 0.05) is 24.5 Å². The average Bonchev–Trinajstić information content (AvgIpc) is 2.60. The first kappa shape index (κ1) is 17.0. The second kappa shape index (κ2) is 7.80. The molecule has 0 saturated heterocycles. The van der Waals surface area contributed by atoms with Gasteiger partial charge in [-0.15, -0.1) is 0 Å². The zero-order chi connectivity index (χ0) is 17.5. The van der Waals surface area contributed by atoms with E-state index in [0.717, 1.165) is 0 Å². The molecule has 0 spiro atoms. The molecule has 0 aliphatic rings. The fraction of sp³-hybridized carbons (Fsp3) is 0.294. The number of hydrogen-bond donors (Lipinski definition) is 0. The molecule has 122 valence electrons. The number of amides is 1. The van der Waals surface area contributed by atoms with E-state index < -0.39 is 11.5 Å². The van der Waals surface area contributed by atoms with E-state index in [-0.39, 0.29) is 31.5 Å². The van der Waals surface area contributed by atoms with Crippen molar-refractivity contribution >= 4 is 16.9 Å². The Hall–Kier alpha value is -3.32. The molecule has 0 saturated carbocycles. The predicted molar refractivity (Wildman–Crippen MR) is 85.4 cm³/mol. The summed E-state index contributed by atoms with van der Waals surface area (Å²) in [5.74, 6) is -0.0126. The van der Waals surface area contributed by atoms with Gasteiger partial charge in [0.25, 0.3) is 5.91 Å². The topological polar surface area (TPSA) is 107 Å². The highest BCUT2D eigenvalue weighted by Crippen LogP contribution is 2.20. The summed E-state index contributed by atoms with van der Waals surface area (Å²) >= 11 is 0. The summed E-state index contributed by atoms with van der Waals surface area (Å²) in [6.07, 6.45) is 0.237. The molecule has 24 heavy (non-hydrogen) atoms. The molecule has 0 N–H and O–H groups in total. The molecular formula is C17H15N3O4. The van der Waals surface area contributed by atoms with Crippen molar-refractivity contribution in [3.8, 4) is 17.9 Å². The van der Waals surface area contributed by atoms with Crippen LogP contribution in [0.1, 0.15) is 23.2 Å². The maximum atomic E-state index is 12.6. The zero-order valence-electron chi connectivity index (χ0n) is 13.1. The van der Waals surface area contributed by atoms with E-state index in [0.29, 0.717) is 16.7 Å². The molecule has 0 aliphatic carbocycles. The van der Waals surface area contributed by atoms with E-state index in [4.69, 9.17) is 19.7 Å². The van der Waals surface area contributed by atoms with Crippen LogP contribution >= 0.6 is 0 Å². The lowest BCUT2D eigenvalue weighted by atomic mass is 10.1. The number of nitriles is 2. The number of nitrogens with zero attached hydrogens (tertiary/aromatic N) is 3. The van der Waals surface area contributed by atoms with E-state index >= 15 is 0 Å². The van der Waals surface area contributed by atoms with Crippen molar-refractivity contribution in [3.05, 3.63) is 40.2 Å². The molecule has 2 aromatic rings. The largest absolute Gasteiger partial charge is 0.497 e. The molecule has 0 aliphatic heterocycles. The predicted octanol–water partition coefficient (Wildman–Crippen LogP) is 2.07. The number of hydrogen-bond acceptors (Lipinski definition) is 6. The molecular weight excluding hydrogens is 310 g/mol. The average molecular weight is 325 g/mol. The molecule has 0 fully saturated rings. The van der Waals surface area contributed by atoms with E-state index in [1.54, 1.807) is 18.2 Å². The standard InChI is InChI=1S/C17H15N3O4/c1-23-13-5-4-12-10-14(17(22)24-15(12)11-13)16(21)20(8-2-6-18)9-3-7-19/h4-5,10-11H,2-3,8-9H2,1H3. The number of benzene rings is 1. The molecule has 0 unspecified atom stereocenters. The summed E-state index contributed by atoms with van der Waals surface area (Å²) < 4.78 is 10.3. The number of rotatable bonds is 6. The number of carbonyl (C=O) groups excluding carboxylic acids is 1. The summed E-state index contributed by atoms with van der Waals surface area (Å²) in [7, 11) is 1.50. The Kier molecular flexibility index (Phi) is 5.54. The van der Waals surface area contributed by atoms with Gasteiger partial charge in [0.1, 0.15) is 16.9 Å². The van der Waals surface area contributed by atoms with Gasteiger partial charge in [0.15, 0.2) is 0 Å². The van der Waals surface area contributed by atoms with Crippen molar-refractivity contribution in [1.29, 1.82) is 10.5 Å². The van der Waals surface area contributed by atoms with Crippen LogP contribution in [0.2, 0.25) is 0 Å². The lowest BCUT2D eigenvalue weighted by molar-refractivity contribution is 0.0758. The third-order valence-corrected chi connectivity index (χ3v) is 3.45. The summed E-state index contributed by atoms with van der Waals surface area (Å²) in [5.41, 5.74) is -0.570. The maximum Gasteiger partial charge on any atom is 0.349 e. The third kappa shape index (κ3) is 3.71. The quantitative estimate of drug-likeness (QED) is 0.752.